The van der Waals surface area contributed by atoms with Crippen LogP contribution in [0.15, 0.2) is 28.9 Å². The number of hydrogen-bond donors (Lipinski definition) is 1. The lowest BCUT2D eigenvalue weighted by molar-refractivity contribution is 0.368. The molecular formula is C14H17BrCl2N4. The molecule has 7 heteroatoms. The van der Waals surface area contributed by atoms with Gasteiger partial charge in [-0.3, -0.25) is 4.68 Å². The van der Waals surface area contributed by atoms with Crippen LogP contribution in [-0.2, 0) is 6.54 Å². The molecule has 0 aliphatic rings. The monoisotopic (exact) mass is 390 g/mol. The maximum Gasteiger partial charge on any atom is 0.0837 e. The number of hydrogen-bond acceptors (Lipinski definition) is 3. The fourth-order valence-electron chi connectivity index (χ4n) is 2.06. The maximum absolute atomic E-state index is 6.36. The van der Waals surface area contributed by atoms with Gasteiger partial charge in [-0.1, -0.05) is 45.2 Å². The van der Waals surface area contributed by atoms with Crippen LogP contribution in [0.1, 0.15) is 17.3 Å². The zero-order valence-electron chi connectivity index (χ0n) is 11.9. The summed E-state index contributed by atoms with van der Waals surface area (Å²) in [5, 5.41) is 5.47. The molecule has 0 radical (unpaired) electrons. The predicted molar refractivity (Wildman–Crippen MR) is 91.0 cm³/mol. The van der Waals surface area contributed by atoms with Crippen molar-refractivity contribution in [1.82, 2.24) is 14.7 Å². The van der Waals surface area contributed by atoms with Crippen molar-refractivity contribution in [2.75, 3.05) is 20.6 Å². The average Bonchev–Trinajstić information content (AvgIpc) is 2.77. The molecule has 0 aliphatic carbocycles. The molecule has 2 N–H and O–H groups in total. The van der Waals surface area contributed by atoms with E-state index >= 15 is 0 Å². The number of rotatable bonds is 5. The van der Waals surface area contributed by atoms with Gasteiger partial charge in [0, 0.05) is 16.0 Å². The highest BCUT2D eigenvalue weighted by molar-refractivity contribution is 9.10. The van der Waals surface area contributed by atoms with Crippen molar-refractivity contribution in [2.24, 2.45) is 5.73 Å². The van der Waals surface area contributed by atoms with Crippen molar-refractivity contribution in [1.29, 1.82) is 0 Å². The van der Waals surface area contributed by atoms with Crippen LogP contribution in [0.5, 0.6) is 0 Å². The molecule has 2 aromatic rings. The first-order valence-corrected chi connectivity index (χ1v) is 8.01. The Labute approximate surface area is 142 Å². The summed E-state index contributed by atoms with van der Waals surface area (Å²) in [5.74, 6) is 0. The third kappa shape index (κ3) is 3.99. The van der Waals surface area contributed by atoms with Crippen LogP contribution >= 0.6 is 39.1 Å². The Hall–Kier alpha value is -0.590. The van der Waals surface area contributed by atoms with E-state index in [1.54, 1.807) is 6.20 Å². The minimum atomic E-state index is -0.414. The first-order chi connectivity index (χ1) is 9.90. The van der Waals surface area contributed by atoms with Crippen molar-refractivity contribution >= 4 is 39.1 Å². The summed E-state index contributed by atoms with van der Waals surface area (Å²) < 4.78 is 2.75. The lowest BCUT2D eigenvalue weighted by Gasteiger charge is -2.18. The number of benzene rings is 1. The lowest BCUT2D eigenvalue weighted by Crippen LogP contribution is -2.23. The predicted octanol–water partition coefficient (Wildman–Crippen LogP) is 3.56. The van der Waals surface area contributed by atoms with Crippen molar-refractivity contribution in [3.05, 3.63) is 50.2 Å². The highest BCUT2D eigenvalue weighted by Gasteiger charge is 2.20. The Morgan fingerprint density at radius 1 is 1.33 bits per heavy atom. The van der Waals surface area contributed by atoms with E-state index in [2.05, 4.69) is 25.9 Å². The molecule has 0 saturated heterocycles. The summed E-state index contributed by atoms with van der Waals surface area (Å²) in [7, 11) is 4.02. The summed E-state index contributed by atoms with van der Waals surface area (Å²) in [6.07, 6.45) is 1.62. The van der Waals surface area contributed by atoms with E-state index in [9.17, 15) is 0 Å². The van der Waals surface area contributed by atoms with Gasteiger partial charge in [-0.15, -0.1) is 0 Å². The number of nitrogens with zero attached hydrogens (tertiary/aromatic N) is 3. The summed E-state index contributed by atoms with van der Waals surface area (Å²) in [6, 6.07) is 5.22. The first kappa shape index (κ1) is 16.8. The number of nitrogens with two attached hydrogens (primary N) is 1. The average molecular weight is 392 g/mol. The summed E-state index contributed by atoms with van der Waals surface area (Å²) in [4.78, 5) is 2.08. The van der Waals surface area contributed by atoms with Gasteiger partial charge in [0.05, 0.1) is 29.5 Å². The molecule has 0 fully saturated rings. The van der Waals surface area contributed by atoms with E-state index in [1.807, 2.05) is 37.0 Å². The minimum Gasteiger partial charge on any atom is -0.319 e. The second-order valence-corrected chi connectivity index (χ2v) is 6.78. The molecule has 0 aliphatic heterocycles. The van der Waals surface area contributed by atoms with Crippen LogP contribution in [0.3, 0.4) is 0 Å². The van der Waals surface area contributed by atoms with Crippen molar-refractivity contribution in [3.8, 4) is 0 Å². The normalized spacial score (nSPS) is 12.9. The van der Waals surface area contributed by atoms with Gasteiger partial charge >= 0.3 is 0 Å². The van der Waals surface area contributed by atoms with Crippen LogP contribution < -0.4 is 5.73 Å². The van der Waals surface area contributed by atoms with Gasteiger partial charge in [0.2, 0.25) is 0 Å². The summed E-state index contributed by atoms with van der Waals surface area (Å²) >= 11 is 15.9. The van der Waals surface area contributed by atoms with E-state index in [-0.39, 0.29) is 0 Å². The van der Waals surface area contributed by atoms with E-state index in [4.69, 9.17) is 28.9 Å². The highest BCUT2D eigenvalue weighted by atomic mass is 79.9. The SMILES string of the molecule is CN(C)CCn1ncc(Cl)c1C(N)c1ccc(Br)cc1Cl. The maximum atomic E-state index is 6.36. The lowest BCUT2D eigenvalue weighted by atomic mass is 10.0. The molecule has 1 atom stereocenters. The zero-order valence-corrected chi connectivity index (χ0v) is 15.0. The van der Waals surface area contributed by atoms with E-state index in [0.29, 0.717) is 10.0 Å². The Kier molecular flexibility index (Phi) is 5.68. The second kappa shape index (κ2) is 7.11. The van der Waals surface area contributed by atoms with Gasteiger partial charge in [-0.25, -0.2) is 0 Å². The number of likely N-dealkylation sites (N-methyl/N-ethyl adjacent to an activating group) is 1. The standard InChI is InChI=1S/C14H17BrCl2N4/c1-20(2)5-6-21-14(12(17)8-19-21)13(18)10-4-3-9(15)7-11(10)16/h3-4,7-8,13H,5-6,18H2,1-2H3. The second-order valence-electron chi connectivity index (χ2n) is 5.05. The van der Waals surface area contributed by atoms with Crippen LogP contribution in [0, 0.1) is 0 Å². The molecule has 0 spiro atoms. The third-order valence-electron chi connectivity index (χ3n) is 3.18. The Morgan fingerprint density at radius 2 is 2.05 bits per heavy atom. The van der Waals surface area contributed by atoms with E-state index in [0.717, 1.165) is 28.8 Å². The van der Waals surface area contributed by atoms with Crippen LogP contribution in [0.4, 0.5) is 0 Å². The molecule has 1 heterocycles. The quantitative estimate of drug-likeness (QED) is 0.847. The van der Waals surface area contributed by atoms with Gasteiger partial charge < -0.3 is 10.6 Å². The van der Waals surface area contributed by atoms with Gasteiger partial charge in [0.1, 0.15) is 0 Å². The van der Waals surface area contributed by atoms with Crippen molar-refractivity contribution in [2.45, 2.75) is 12.6 Å². The fraction of sp³-hybridized carbons (Fsp3) is 0.357. The summed E-state index contributed by atoms with van der Waals surface area (Å²) in [5.41, 5.74) is 7.97. The molecule has 0 saturated carbocycles. The topological polar surface area (TPSA) is 47.1 Å². The van der Waals surface area contributed by atoms with Gasteiger partial charge in [0.25, 0.3) is 0 Å². The minimum absolute atomic E-state index is 0.414. The fourth-order valence-corrected chi connectivity index (χ4v) is 3.10. The van der Waals surface area contributed by atoms with Crippen molar-refractivity contribution < 1.29 is 0 Å². The molecule has 2 rings (SSSR count). The molecular weight excluding hydrogens is 375 g/mol. The van der Waals surface area contributed by atoms with Gasteiger partial charge in [-0.2, -0.15) is 5.10 Å². The molecule has 114 valence electrons. The molecule has 0 amide bonds. The van der Waals surface area contributed by atoms with Gasteiger partial charge in [0.15, 0.2) is 0 Å². The first-order valence-electron chi connectivity index (χ1n) is 6.46. The Bertz CT molecular complexity index is 627. The highest BCUT2D eigenvalue weighted by Crippen LogP contribution is 2.32. The largest absolute Gasteiger partial charge is 0.319 e. The molecule has 21 heavy (non-hydrogen) atoms. The number of aromatic nitrogens is 2. The zero-order chi connectivity index (χ0) is 15.6. The molecule has 1 unspecified atom stereocenters. The van der Waals surface area contributed by atoms with E-state index in [1.165, 1.54) is 0 Å². The Balaban J connectivity index is 2.34. The van der Waals surface area contributed by atoms with Crippen molar-refractivity contribution in [3.63, 3.8) is 0 Å². The molecule has 4 nitrogen and oxygen atoms in total. The summed E-state index contributed by atoms with van der Waals surface area (Å²) in [6.45, 7) is 1.57. The van der Waals surface area contributed by atoms with Crippen LogP contribution in [-0.4, -0.2) is 35.3 Å². The van der Waals surface area contributed by atoms with Crippen LogP contribution in [0.2, 0.25) is 10.0 Å². The number of halogens is 3. The third-order valence-corrected chi connectivity index (χ3v) is 4.30. The molecule has 0 bridgehead atoms. The molecule has 1 aromatic carbocycles. The van der Waals surface area contributed by atoms with Crippen LogP contribution in [0.25, 0.3) is 0 Å². The molecule has 1 aromatic heterocycles. The van der Waals surface area contributed by atoms with E-state index < -0.39 is 6.04 Å². The Morgan fingerprint density at radius 3 is 2.67 bits per heavy atom. The van der Waals surface area contributed by atoms with Gasteiger partial charge in [-0.05, 0) is 31.8 Å². The smallest absolute Gasteiger partial charge is 0.0837 e.